The molecule has 24 heavy (non-hydrogen) atoms. The number of benzene rings is 1. The van der Waals surface area contributed by atoms with Crippen molar-refractivity contribution in [3.63, 3.8) is 0 Å². The Morgan fingerprint density at radius 1 is 0.625 bits per heavy atom. The van der Waals surface area contributed by atoms with Crippen LogP contribution >= 0.6 is 0 Å². The fourth-order valence-corrected chi connectivity index (χ4v) is 3.75. The van der Waals surface area contributed by atoms with Crippen molar-refractivity contribution < 1.29 is 4.48 Å². The second-order valence-electron chi connectivity index (χ2n) is 7.52. The van der Waals surface area contributed by atoms with Crippen molar-refractivity contribution in [2.24, 2.45) is 0 Å². The summed E-state index contributed by atoms with van der Waals surface area (Å²) in [7, 11) is 0. The Morgan fingerprint density at radius 2 is 1.12 bits per heavy atom. The summed E-state index contributed by atoms with van der Waals surface area (Å²) in [5.41, 5.74) is 1.49. The molecular formula is C23H42N+. The molecule has 0 N–H and O–H groups in total. The molecule has 1 aromatic carbocycles. The van der Waals surface area contributed by atoms with Gasteiger partial charge >= 0.3 is 0 Å². The van der Waals surface area contributed by atoms with Crippen molar-refractivity contribution in [3.8, 4) is 0 Å². The topological polar surface area (TPSA) is 0 Å². The van der Waals surface area contributed by atoms with Crippen molar-refractivity contribution in [1.29, 1.82) is 0 Å². The first-order valence-corrected chi connectivity index (χ1v) is 10.7. The summed E-state index contributed by atoms with van der Waals surface area (Å²) >= 11 is 0. The minimum absolute atomic E-state index is 1.20. The van der Waals surface area contributed by atoms with E-state index in [4.69, 9.17) is 0 Å². The van der Waals surface area contributed by atoms with E-state index in [-0.39, 0.29) is 0 Å². The average Bonchev–Trinajstić information content (AvgIpc) is 2.63. The van der Waals surface area contributed by atoms with Gasteiger partial charge in [0, 0.05) is 5.56 Å². The van der Waals surface area contributed by atoms with Crippen molar-refractivity contribution in [1.82, 2.24) is 0 Å². The van der Waals surface area contributed by atoms with Crippen molar-refractivity contribution in [3.05, 3.63) is 35.9 Å². The van der Waals surface area contributed by atoms with Crippen LogP contribution in [0.5, 0.6) is 0 Å². The molecule has 0 heterocycles. The van der Waals surface area contributed by atoms with Gasteiger partial charge in [-0.3, -0.25) is 0 Å². The minimum atomic E-state index is 1.20. The molecule has 0 aliphatic carbocycles. The zero-order valence-corrected chi connectivity index (χ0v) is 16.7. The molecule has 0 fully saturated rings. The first kappa shape index (κ1) is 21.2. The highest BCUT2D eigenvalue weighted by Gasteiger charge is 2.22. The van der Waals surface area contributed by atoms with Crippen molar-refractivity contribution in [2.45, 2.75) is 91.5 Å². The van der Waals surface area contributed by atoms with Crippen LogP contribution in [0.1, 0.15) is 90.5 Å². The van der Waals surface area contributed by atoms with Crippen molar-refractivity contribution >= 4 is 0 Å². The van der Waals surface area contributed by atoms with Gasteiger partial charge in [-0.15, -0.1) is 0 Å². The molecule has 1 aromatic rings. The molecule has 0 bridgehead atoms. The fourth-order valence-electron chi connectivity index (χ4n) is 3.75. The first-order chi connectivity index (χ1) is 11.8. The van der Waals surface area contributed by atoms with E-state index in [1.165, 1.54) is 100 Å². The summed E-state index contributed by atoms with van der Waals surface area (Å²) in [6, 6.07) is 11.1. The molecule has 0 atom stereocenters. The van der Waals surface area contributed by atoms with E-state index in [0.29, 0.717) is 0 Å². The number of hydrogen-bond donors (Lipinski definition) is 0. The van der Waals surface area contributed by atoms with E-state index >= 15 is 0 Å². The third kappa shape index (κ3) is 8.87. The quantitative estimate of drug-likeness (QED) is 0.240. The van der Waals surface area contributed by atoms with Gasteiger partial charge in [0.1, 0.15) is 6.54 Å². The van der Waals surface area contributed by atoms with Gasteiger partial charge in [-0.25, -0.2) is 0 Å². The van der Waals surface area contributed by atoms with Crippen LogP contribution in [0.25, 0.3) is 0 Å². The molecule has 0 aromatic heterocycles. The SMILES string of the molecule is CCCCCCCCCCCC[N+](CC)(CC)Cc1ccccc1. The normalized spacial score (nSPS) is 11.8. The molecule has 0 amide bonds. The van der Waals surface area contributed by atoms with Crippen LogP contribution in [-0.4, -0.2) is 24.1 Å². The first-order valence-electron chi connectivity index (χ1n) is 10.7. The van der Waals surface area contributed by atoms with E-state index in [9.17, 15) is 0 Å². The Balaban J connectivity index is 2.17. The van der Waals surface area contributed by atoms with Gasteiger partial charge in [0.15, 0.2) is 0 Å². The lowest BCUT2D eigenvalue weighted by molar-refractivity contribution is -0.938. The van der Waals surface area contributed by atoms with Crippen LogP contribution in [-0.2, 0) is 6.54 Å². The average molecular weight is 333 g/mol. The van der Waals surface area contributed by atoms with Crippen LogP contribution in [0.3, 0.4) is 0 Å². The maximum Gasteiger partial charge on any atom is 0.104 e. The van der Waals surface area contributed by atoms with E-state index in [0.717, 1.165) is 0 Å². The largest absolute Gasteiger partial charge is 0.320 e. The van der Waals surface area contributed by atoms with Gasteiger partial charge < -0.3 is 4.48 Å². The molecular weight excluding hydrogens is 290 g/mol. The smallest absolute Gasteiger partial charge is 0.104 e. The molecule has 138 valence electrons. The fraction of sp³-hybridized carbons (Fsp3) is 0.739. The lowest BCUT2D eigenvalue weighted by Gasteiger charge is -2.37. The third-order valence-electron chi connectivity index (χ3n) is 5.69. The summed E-state index contributed by atoms with van der Waals surface area (Å²) in [6.45, 7) is 12.1. The standard InChI is InChI=1S/C23H42N/c1-4-7-8-9-10-11-12-13-14-18-21-24(5-2,6-3)22-23-19-16-15-17-20-23/h15-17,19-20H,4-14,18,21-22H2,1-3H3/q+1. The number of unbranched alkanes of at least 4 members (excludes halogenated alkanes) is 9. The lowest BCUT2D eigenvalue weighted by Crippen LogP contribution is -2.47. The van der Waals surface area contributed by atoms with Gasteiger partial charge in [0.05, 0.1) is 19.6 Å². The summed E-state index contributed by atoms with van der Waals surface area (Å²) in [4.78, 5) is 0. The van der Waals surface area contributed by atoms with Gasteiger partial charge in [-0.05, 0) is 26.7 Å². The number of hydrogen-bond acceptors (Lipinski definition) is 0. The summed E-state index contributed by atoms with van der Waals surface area (Å²) in [6.07, 6.45) is 14.3. The van der Waals surface area contributed by atoms with Gasteiger partial charge in [0.25, 0.3) is 0 Å². The highest BCUT2D eigenvalue weighted by Crippen LogP contribution is 2.17. The van der Waals surface area contributed by atoms with Crippen LogP contribution in [0.4, 0.5) is 0 Å². The maximum atomic E-state index is 2.36. The van der Waals surface area contributed by atoms with Crippen LogP contribution < -0.4 is 0 Å². The van der Waals surface area contributed by atoms with Crippen LogP contribution in [0, 0.1) is 0 Å². The highest BCUT2D eigenvalue weighted by atomic mass is 15.3. The van der Waals surface area contributed by atoms with Crippen LogP contribution in [0.2, 0.25) is 0 Å². The Bertz CT molecular complexity index is 380. The molecule has 0 aliphatic rings. The monoisotopic (exact) mass is 332 g/mol. The van der Waals surface area contributed by atoms with E-state index in [1.54, 1.807) is 0 Å². The van der Waals surface area contributed by atoms with E-state index < -0.39 is 0 Å². The maximum absolute atomic E-state index is 2.36. The Kier molecular flexibility index (Phi) is 11.9. The number of quaternary nitrogens is 1. The second kappa shape index (κ2) is 13.5. The predicted octanol–water partition coefficient (Wildman–Crippen LogP) is 6.96. The molecule has 0 spiro atoms. The van der Waals surface area contributed by atoms with E-state index in [2.05, 4.69) is 51.1 Å². The van der Waals surface area contributed by atoms with Gasteiger partial charge in [-0.1, -0.05) is 88.6 Å². The molecule has 1 heteroatoms. The zero-order chi connectivity index (χ0) is 17.5. The zero-order valence-electron chi connectivity index (χ0n) is 16.7. The molecule has 0 aliphatic heterocycles. The van der Waals surface area contributed by atoms with Crippen molar-refractivity contribution in [2.75, 3.05) is 19.6 Å². The minimum Gasteiger partial charge on any atom is -0.320 e. The van der Waals surface area contributed by atoms with Gasteiger partial charge in [0.2, 0.25) is 0 Å². The Hall–Kier alpha value is -0.820. The molecule has 1 nitrogen and oxygen atoms in total. The highest BCUT2D eigenvalue weighted by molar-refractivity contribution is 5.13. The second-order valence-corrected chi connectivity index (χ2v) is 7.52. The van der Waals surface area contributed by atoms with Crippen LogP contribution in [0.15, 0.2) is 30.3 Å². The number of nitrogens with zero attached hydrogens (tertiary/aromatic N) is 1. The predicted molar refractivity (Wildman–Crippen MR) is 108 cm³/mol. The summed E-state index contributed by atoms with van der Waals surface area (Å²) in [5, 5.41) is 0. The molecule has 1 rings (SSSR count). The summed E-state index contributed by atoms with van der Waals surface area (Å²) in [5.74, 6) is 0. The lowest BCUT2D eigenvalue weighted by atomic mass is 10.1. The Labute approximate surface area is 152 Å². The third-order valence-corrected chi connectivity index (χ3v) is 5.69. The Morgan fingerprint density at radius 3 is 1.62 bits per heavy atom. The molecule has 0 saturated carbocycles. The molecule has 0 unspecified atom stereocenters. The molecule has 0 radical (unpaired) electrons. The summed E-state index contributed by atoms with van der Waals surface area (Å²) < 4.78 is 1.25. The molecule has 0 saturated heterocycles. The van der Waals surface area contributed by atoms with E-state index in [1.807, 2.05) is 0 Å². The van der Waals surface area contributed by atoms with Gasteiger partial charge in [-0.2, -0.15) is 0 Å². The number of rotatable bonds is 15.